The van der Waals surface area contributed by atoms with Crippen LogP contribution in [-0.2, 0) is 4.79 Å². The van der Waals surface area contributed by atoms with Crippen molar-refractivity contribution >= 4 is 28.6 Å². The molecular weight excluding hydrogens is 434 g/mol. The van der Waals surface area contributed by atoms with Crippen molar-refractivity contribution < 1.29 is 9.90 Å². The van der Waals surface area contributed by atoms with Crippen molar-refractivity contribution in [2.24, 2.45) is 4.99 Å². The van der Waals surface area contributed by atoms with Crippen LogP contribution in [0.2, 0.25) is 0 Å². The van der Waals surface area contributed by atoms with Crippen molar-refractivity contribution in [1.82, 2.24) is 0 Å². The monoisotopic (exact) mass is 473 g/mol. The fourth-order valence-electron chi connectivity index (χ4n) is 4.07. The molecule has 3 N–H and O–H groups in total. The fourth-order valence-corrected chi connectivity index (χ4v) is 4.07. The molecule has 0 amide bonds. The number of aliphatic carboxylic acids is 1. The highest BCUT2D eigenvalue weighted by molar-refractivity contribution is 6.10. The molecule has 0 fully saturated rings. The second-order valence-corrected chi connectivity index (χ2v) is 8.49. The molecule has 2 aromatic carbocycles. The molecule has 5 nitrogen and oxygen atoms in total. The topological polar surface area (TPSA) is 73.7 Å². The average molecular weight is 474 g/mol. The minimum atomic E-state index is -0.833. The Morgan fingerprint density at radius 1 is 0.857 bits per heavy atom. The number of carbonyl (C=O) groups is 1. The van der Waals surface area contributed by atoms with Gasteiger partial charge < -0.3 is 15.7 Å². The van der Waals surface area contributed by atoms with E-state index < -0.39 is 5.97 Å². The molecule has 0 saturated heterocycles. The van der Waals surface area contributed by atoms with E-state index in [-0.39, 0.29) is 0 Å². The summed E-state index contributed by atoms with van der Waals surface area (Å²) in [5, 5.41) is 14.3. The second kappa shape index (κ2) is 13.3. The Kier molecular flexibility index (Phi) is 10.5. The number of aryl methyl sites for hydroxylation is 2. The number of nitrogens with one attached hydrogen (secondary N) is 2. The molecule has 0 spiro atoms. The van der Waals surface area contributed by atoms with Gasteiger partial charge in [-0.05, 0) is 117 Å². The van der Waals surface area contributed by atoms with Crippen molar-refractivity contribution in [2.75, 3.05) is 30.3 Å². The maximum atomic E-state index is 9.00. The van der Waals surface area contributed by atoms with Gasteiger partial charge in [0.1, 0.15) is 0 Å². The lowest BCUT2D eigenvalue weighted by Crippen LogP contribution is -2.05. The third kappa shape index (κ3) is 7.71. The Morgan fingerprint density at radius 2 is 1.34 bits per heavy atom. The predicted octanol–water partition coefficient (Wildman–Crippen LogP) is 7.04. The van der Waals surface area contributed by atoms with Crippen molar-refractivity contribution in [1.29, 1.82) is 0 Å². The van der Waals surface area contributed by atoms with Gasteiger partial charge in [0.25, 0.3) is 5.97 Å². The molecule has 186 valence electrons. The van der Waals surface area contributed by atoms with Gasteiger partial charge in [-0.25, -0.2) is 0 Å². The molecule has 0 radical (unpaired) electrons. The van der Waals surface area contributed by atoms with Crippen molar-refractivity contribution in [3.63, 3.8) is 0 Å². The first kappa shape index (κ1) is 27.6. The summed E-state index contributed by atoms with van der Waals surface area (Å²) in [4.78, 5) is 13.6. The Hall–Kier alpha value is -3.60. The molecule has 3 rings (SSSR count). The highest BCUT2D eigenvalue weighted by atomic mass is 16.4. The van der Waals surface area contributed by atoms with Crippen LogP contribution in [0.4, 0.5) is 11.4 Å². The number of aliphatic imine (C=N–C) groups is 1. The lowest BCUT2D eigenvalue weighted by molar-refractivity contribution is -0.134. The largest absolute Gasteiger partial charge is 0.481 e. The number of rotatable bonds is 7. The number of anilines is 2. The molecule has 35 heavy (non-hydrogen) atoms. The normalized spacial score (nSPS) is 13.6. The molecule has 0 atom stereocenters. The van der Waals surface area contributed by atoms with Crippen LogP contribution in [-0.4, -0.2) is 36.4 Å². The lowest BCUT2D eigenvalue weighted by atomic mass is 9.87. The van der Waals surface area contributed by atoms with Crippen LogP contribution in [0, 0.1) is 13.8 Å². The number of hydrogen-bond acceptors (Lipinski definition) is 4. The van der Waals surface area contributed by atoms with E-state index in [2.05, 4.69) is 112 Å². The van der Waals surface area contributed by atoms with Gasteiger partial charge in [-0.2, -0.15) is 0 Å². The minimum absolute atomic E-state index is 0.799. The van der Waals surface area contributed by atoms with Crippen LogP contribution in [0.3, 0.4) is 0 Å². The van der Waals surface area contributed by atoms with Crippen LogP contribution in [0.25, 0.3) is 5.57 Å². The molecule has 1 aliphatic rings. The Labute approximate surface area is 210 Å². The fraction of sp³-hybridized carbons (Fsp3) is 0.333. The first-order valence-electron chi connectivity index (χ1n) is 12.3. The number of nitrogens with zero attached hydrogens (tertiary/aromatic N) is 1. The number of carboxylic acid groups (broad SMARTS) is 1. The lowest BCUT2D eigenvalue weighted by Gasteiger charge is -2.19. The summed E-state index contributed by atoms with van der Waals surface area (Å²) in [6, 6.07) is 13.4. The summed E-state index contributed by atoms with van der Waals surface area (Å²) in [6.45, 7) is 16.6. The van der Waals surface area contributed by atoms with E-state index in [1.165, 1.54) is 50.3 Å². The van der Waals surface area contributed by atoms with Gasteiger partial charge in [-0.15, -0.1) is 0 Å². The third-order valence-electron chi connectivity index (χ3n) is 5.58. The van der Waals surface area contributed by atoms with E-state index in [0.29, 0.717) is 0 Å². The van der Waals surface area contributed by atoms with Gasteiger partial charge in [0.15, 0.2) is 0 Å². The van der Waals surface area contributed by atoms with E-state index in [0.717, 1.165) is 32.3 Å². The highest BCUT2D eigenvalue weighted by Gasteiger charge is 2.15. The van der Waals surface area contributed by atoms with Crippen molar-refractivity contribution in [3.05, 3.63) is 88.0 Å². The first-order chi connectivity index (χ1) is 16.7. The van der Waals surface area contributed by atoms with Crippen LogP contribution < -0.4 is 10.6 Å². The van der Waals surface area contributed by atoms with E-state index in [1.54, 1.807) is 0 Å². The number of allylic oxidation sites excluding steroid dienone is 5. The van der Waals surface area contributed by atoms with E-state index >= 15 is 0 Å². The quantitative estimate of drug-likeness (QED) is 0.403. The summed E-state index contributed by atoms with van der Waals surface area (Å²) < 4.78 is 0. The van der Waals surface area contributed by atoms with Gasteiger partial charge in [-0.3, -0.25) is 9.79 Å². The van der Waals surface area contributed by atoms with E-state index in [4.69, 9.17) is 9.90 Å². The Bertz CT molecular complexity index is 1110. The first-order valence-corrected chi connectivity index (χ1v) is 12.3. The predicted molar refractivity (Wildman–Crippen MR) is 151 cm³/mol. The zero-order chi connectivity index (χ0) is 26.0. The molecule has 0 unspecified atom stereocenters. The minimum Gasteiger partial charge on any atom is -0.481 e. The van der Waals surface area contributed by atoms with Gasteiger partial charge in [0, 0.05) is 37.9 Å². The summed E-state index contributed by atoms with van der Waals surface area (Å²) in [5.41, 5.74) is 12.1. The van der Waals surface area contributed by atoms with Crippen LogP contribution in [0.1, 0.15) is 56.9 Å². The summed E-state index contributed by atoms with van der Waals surface area (Å²) in [7, 11) is 0. The molecule has 0 bridgehead atoms. The molecule has 0 aliphatic heterocycles. The van der Waals surface area contributed by atoms with Crippen LogP contribution in [0.15, 0.2) is 70.8 Å². The molecular formula is C30H39N3O2. The van der Waals surface area contributed by atoms with Gasteiger partial charge >= 0.3 is 0 Å². The average Bonchev–Trinajstić information content (AvgIpc) is 2.79. The van der Waals surface area contributed by atoms with Gasteiger partial charge in [0.05, 0.1) is 5.71 Å². The van der Waals surface area contributed by atoms with Gasteiger partial charge in [-0.1, -0.05) is 18.2 Å². The molecule has 0 heterocycles. The van der Waals surface area contributed by atoms with Crippen molar-refractivity contribution in [3.8, 4) is 0 Å². The highest BCUT2D eigenvalue weighted by Crippen LogP contribution is 2.34. The van der Waals surface area contributed by atoms with Crippen LogP contribution in [0.5, 0.6) is 0 Å². The summed E-state index contributed by atoms with van der Waals surface area (Å²) in [6.07, 6.45) is 6.62. The van der Waals surface area contributed by atoms with E-state index in [9.17, 15) is 0 Å². The summed E-state index contributed by atoms with van der Waals surface area (Å²) >= 11 is 0. The molecule has 1 aliphatic carbocycles. The smallest absolute Gasteiger partial charge is 0.300 e. The van der Waals surface area contributed by atoms with E-state index in [1.807, 2.05) is 0 Å². The maximum absolute atomic E-state index is 9.00. The zero-order valence-corrected chi connectivity index (χ0v) is 22.1. The molecule has 2 aromatic rings. The SMILES string of the molecule is CC(=O)O.CCN=C1C=CC(=C(c2ccc(NCC)c(C)c2)c2ccc(NCC)c(C)c2)C=C1C. The molecule has 0 aromatic heterocycles. The Morgan fingerprint density at radius 3 is 1.71 bits per heavy atom. The van der Waals surface area contributed by atoms with Gasteiger partial charge in [0.2, 0.25) is 0 Å². The number of carboxylic acids is 1. The Balaban J connectivity index is 0.00000100. The molecule has 0 saturated carbocycles. The number of hydrogen-bond donors (Lipinski definition) is 3. The summed E-state index contributed by atoms with van der Waals surface area (Å²) in [5.74, 6) is -0.833. The maximum Gasteiger partial charge on any atom is 0.300 e. The standard InChI is InChI=1S/C28H35N3.C2H4O2/c1-7-29-25-13-10-22(16-19(25)4)28(23-11-14-26(30-8-2)20(5)17-23)24-12-15-27(31-9-3)21(6)18-24;1-2(3)4/h10-18,29-30H,7-9H2,1-6H3;1H3,(H,3,4). The number of benzene rings is 2. The zero-order valence-electron chi connectivity index (χ0n) is 22.1. The van der Waals surface area contributed by atoms with Crippen molar-refractivity contribution in [2.45, 2.75) is 48.5 Å². The third-order valence-corrected chi connectivity index (χ3v) is 5.58. The molecule has 5 heteroatoms. The van der Waals surface area contributed by atoms with Crippen LogP contribution >= 0.6 is 0 Å². The second-order valence-electron chi connectivity index (χ2n) is 8.49.